The molecular formula is C24H25FN2O3. The van der Waals surface area contributed by atoms with Gasteiger partial charge in [0.25, 0.3) is 0 Å². The maximum Gasteiger partial charge on any atom is 0.242 e. The number of aryl methyl sites for hydroxylation is 2. The van der Waals surface area contributed by atoms with Gasteiger partial charge in [0.1, 0.15) is 22.9 Å². The summed E-state index contributed by atoms with van der Waals surface area (Å²) in [5, 5.41) is 3.24. The zero-order valence-electron chi connectivity index (χ0n) is 17.8. The molecule has 0 saturated carbocycles. The van der Waals surface area contributed by atoms with Crippen LogP contribution in [0.1, 0.15) is 41.9 Å². The van der Waals surface area contributed by atoms with E-state index >= 15 is 0 Å². The monoisotopic (exact) mass is 408 g/mol. The van der Waals surface area contributed by atoms with E-state index in [2.05, 4.69) is 10.2 Å². The van der Waals surface area contributed by atoms with E-state index in [0.29, 0.717) is 29.4 Å². The Bertz CT molecular complexity index is 1040. The highest BCUT2D eigenvalue weighted by molar-refractivity contribution is 5.57. The first-order valence-corrected chi connectivity index (χ1v) is 9.71. The van der Waals surface area contributed by atoms with Crippen molar-refractivity contribution in [2.75, 3.05) is 0 Å². The molecular weight excluding hydrogens is 383 g/mol. The maximum atomic E-state index is 13.5. The molecule has 0 aliphatic carbocycles. The number of aromatic nitrogens is 1. The lowest BCUT2D eigenvalue weighted by atomic mass is 9.99. The molecule has 3 aromatic rings. The minimum absolute atomic E-state index is 0.433. The second kappa shape index (κ2) is 8.61. The smallest absolute Gasteiger partial charge is 0.242 e. The zero-order chi connectivity index (χ0) is 21.9. The number of benzene rings is 2. The van der Waals surface area contributed by atoms with E-state index in [1.54, 1.807) is 24.3 Å². The van der Waals surface area contributed by atoms with Crippen LogP contribution in [0.4, 0.5) is 10.1 Å². The molecule has 0 aliphatic rings. The number of hydrogen-bond donors (Lipinski definition) is 0. The molecule has 0 radical (unpaired) electrons. The first kappa shape index (κ1) is 21.4. The first-order valence-electron chi connectivity index (χ1n) is 9.71. The lowest BCUT2D eigenvalue weighted by Gasteiger charge is -2.17. The third-order valence-corrected chi connectivity index (χ3v) is 4.77. The number of pyridine rings is 1. The molecule has 1 aromatic heterocycles. The summed E-state index contributed by atoms with van der Waals surface area (Å²) in [6, 6.07) is 14.4. The Morgan fingerprint density at radius 1 is 0.900 bits per heavy atom. The Morgan fingerprint density at radius 3 is 1.97 bits per heavy atom. The van der Waals surface area contributed by atoms with Crippen LogP contribution in [-0.4, -0.2) is 10.8 Å². The topological polar surface area (TPSA) is 60.8 Å². The van der Waals surface area contributed by atoms with E-state index in [-0.39, 0.29) is 0 Å². The molecule has 0 spiro atoms. The minimum Gasteiger partial charge on any atom is -0.459 e. The van der Waals surface area contributed by atoms with Gasteiger partial charge < -0.3 is 9.47 Å². The van der Waals surface area contributed by atoms with Crippen LogP contribution in [0.25, 0.3) is 0 Å². The molecule has 0 amide bonds. The van der Waals surface area contributed by atoms with Crippen LogP contribution in [0.3, 0.4) is 0 Å². The average Bonchev–Trinajstić information content (AvgIpc) is 2.68. The number of halogens is 1. The highest BCUT2D eigenvalue weighted by atomic mass is 19.2. The molecule has 0 atom stereocenters. The van der Waals surface area contributed by atoms with Crippen molar-refractivity contribution in [3.8, 4) is 17.2 Å². The predicted octanol–water partition coefficient (Wildman–Crippen LogP) is 6.87. The van der Waals surface area contributed by atoms with Crippen molar-refractivity contribution in [1.29, 1.82) is 0 Å². The van der Waals surface area contributed by atoms with Gasteiger partial charge in [-0.05, 0) is 73.5 Å². The van der Waals surface area contributed by atoms with Crippen molar-refractivity contribution in [2.24, 2.45) is 5.18 Å². The Balaban J connectivity index is 1.72. The van der Waals surface area contributed by atoms with Gasteiger partial charge in [0.05, 0.1) is 0 Å². The van der Waals surface area contributed by atoms with Crippen LogP contribution in [0.2, 0.25) is 0 Å². The van der Waals surface area contributed by atoms with Crippen molar-refractivity contribution < 1.29 is 13.9 Å². The SMILES string of the molecule is Cc1nc(C)c(Cc2ccc(Oc3ccc(OC(C)(C)F)cc3)cc2)c(N=O)c1C. The molecule has 3 rings (SSSR count). The minimum atomic E-state index is -1.73. The number of nitrogens with zero attached hydrogens (tertiary/aromatic N) is 2. The van der Waals surface area contributed by atoms with Gasteiger partial charge in [0.2, 0.25) is 5.85 Å². The van der Waals surface area contributed by atoms with Crippen molar-refractivity contribution in [1.82, 2.24) is 4.98 Å². The summed E-state index contributed by atoms with van der Waals surface area (Å²) in [5.41, 5.74) is 4.78. The van der Waals surface area contributed by atoms with Crippen LogP contribution < -0.4 is 9.47 Å². The van der Waals surface area contributed by atoms with Crippen molar-refractivity contribution in [3.63, 3.8) is 0 Å². The molecule has 0 aliphatic heterocycles. The number of hydrogen-bond acceptors (Lipinski definition) is 5. The highest BCUT2D eigenvalue weighted by Gasteiger charge is 2.17. The summed E-state index contributed by atoms with van der Waals surface area (Å²) in [7, 11) is 0. The lowest BCUT2D eigenvalue weighted by Crippen LogP contribution is -2.20. The number of ether oxygens (including phenoxy) is 2. The molecule has 2 aromatic carbocycles. The normalized spacial score (nSPS) is 11.3. The number of rotatable bonds is 7. The summed E-state index contributed by atoms with van der Waals surface area (Å²) in [5.74, 6) is -0.0149. The van der Waals surface area contributed by atoms with E-state index < -0.39 is 5.85 Å². The van der Waals surface area contributed by atoms with Gasteiger partial charge >= 0.3 is 0 Å². The fraction of sp³-hybridized carbons (Fsp3) is 0.292. The molecule has 0 bridgehead atoms. The lowest BCUT2D eigenvalue weighted by molar-refractivity contribution is -0.0257. The molecule has 0 fully saturated rings. The fourth-order valence-electron chi connectivity index (χ4n) is 3.18. The second-order valence-electron chi connectivity index (χ2n) is 7.69. The Labute approximate surface area is 175 Å². The number of nitroso groups, excluding NO2 is 1. The Morgan fingerprint density at radius 2 is 1.43 bits per heavy atom. The third-order valence-electron chi connectivity index (χ3n) is 4.77. The van der Waals surface area contributed by atoms with Crippen molar-refractivity contribution in [3.05, 3.63) is 81.5 Å². The fourth-order valence-corrected chi connectivity index (χ4v) is 3.18. The number of alkyl halides is 1. The van der Waals surface area contributed by atoms with Crippen molar-refractivity contribution in [2.45, 2.75) is 46.9 Å². The largest absolute Gasteiger partial charge is 0.459 e. The van der Waals surface area contributed by atoms with Gasteiger partial charge in [0, 0.05) is 37.2 Å². The van der Waals surface area contributed by atoms with E-state index in [9.17, 15) is 9.30 Å². The van der Waals surface area contributed by atoms with Crippen molar-refractivity contribution >= 4 is 5.69 Å². The van der Waals surface area contributed by atoms with E-state index in [1.807, 2.05) is 45.0 Å². The average molecular weight is 408 g/mol. The van der Waals surface area contributed by atoms with E-state index in [1.165, 1.54) is 13.8 Å². The van der Waals surface area contributed by atoms with Gasteiger partial charge in [-0.25, -0.2) is 0 Å². The van der Waals surface area contributed by atoms with Gasteiger partial charge in [-0.3, -0.25) is 4.98 Å². The van der Waals surface area contributed by atoms with Crippen LogP contribution >= 0.6 is 0 Å². The molecule has 1 heterocycles. The van der Waals surface area contributed by atoms with Crippen LogP contribution in [-0.2, 0) is 6.42 Å². The van der Waals surface area contributed by atoms with E-state index in [4.69, 9.17) is 9.47 Å². The van der Waals surface area contributed by atoms with Crippen LogP contribution in [0.15, 0.2) is 53.7 Å². The molecule has 30 heavy (non-hydrogen) atoms. The van der Waals surface area contributed by atoms with Gasteiger partial charge in [-0.15, -0.1) is 4.91 Å². The van der Waals surface area contributed by atoms with Gasteiger partial charge in [-0.2, -0.15) is 4.39 Å². The van der Waals surface area contributed by atoms with Crippen LogP contribution in [0.5, 0.6) is 17.2 Å². The molecule has 0 N–H and O–H groups in total. The Kier molecular flexibility index (Phi) is 6.15. The molecule has 6 heteroatoms. The highest BCUT2D eigenvalue weighted by Crippen LogP contribution is 2.31. The van der Waals surface area contributed by atoms with Gasteiger partial charge in [-0.1, -0.05) is 12.1 Å². The Hall–Kier alpha value is -3.28. The standard InChI is InChI=1S/C24H25FN2O3/c1-15-16(2)26-17(3)22(23(15)27-28)14-18-6-8-19(9-7-18)29-20-10-12-21(13-11-20)30-24(4,5)25/h6-13H,14H2,1-5H3. The summed E-state index contributed by atoms with van der Waals surface area (Å²) in [4.78, 5) is 15.9. The molecule has 156 valence electrons. The first-order chi connectivity index (χ1) is 14.2. The summed E-state index contributed by atoms with van der Waals surface area (Å²) < 4.78 is 24.6. The van der Waals surface area contributed by atoms with E-state index in [0.717, 1.165) is 28.1 Å². The summed E-state index contributed by atoms with van der Waals surface area (Å²) in [6.07, 6.45) is 0.562. The quantitative estimate of drug-likeness (QED) is 0.400. The summed E-state index contributed by atoms with van der Waals surface area (Å²) >= 11 is 0. The zero-order valence-corrected chi connectivity index (χ0v) is 17.8. The third kappa shape index (κ3) is 5.20. The van der Waals surface area contributed by atoms with Gasteiger partial charge in [0.15, 0.2) is 0 Å². The molecule has 0 unspecified atom stereocenters. The molecule has 5 nitrogen and oxygen atoms in total. The molecule has 0 saturated heterocycles. The van der Waals surface area contributed by atoms with Crippen LogP contribution in [0, 0.1) is 25.7 Å². The second-order valence-corrected chi connectivity index (χ2v) is 7.69. The maximum absolute atomic E-state index is 13.5. The predicted molar refractivity (Wildman–Crippen MR) is 115 cm³/mol. The summed E-state index contributed by atoms with van der Waals surface area (Å²) in [6.45, 7) is 8.34.